The van der Waals surface area contributed by atoms with Gasteiger partial charge in [-0.15, -0.1) is 0 Å². The van der Waals surface area contributed by atoms with E-state index in [-0.39, 0.29) is 17.7 Å². The van der Waals surface area contributed by atoms with Gasteiger partial charge in [0.2, 0.25) is 5.91 Å². The summed E-state index contributed by atoms with van der Waals surface area (Å²) >= 11 is 3.38. The molecule has 5 nitrogen and oxygen atoms in total. The van der Waals surface area contributed by atoms with E-state index in [0.29, 0.717) is 18.7 Å². The first kappa shape index (κ1) is 19.7. The lowest BCUT2D eigenvalue weighted by Crippen LogP contribution is -2.52. The first-order valence-electron chi connectivity index (χ1n) is 9.87. The lowest BCUT2D eigenvalue weighted by molar-refractivity contribution is -0.135. The minimum atomic E-state index is -0.557. The fourth-order valence-corrected chi connectivity index (χ4v) is 4.16. The van der Waals surface area contributed by atoms with Crippen molar-refractivity contribution in [3.8, 4) is 0 Å². The van der Waals surface area contributed by atoms with Crippen LogP contribution in [0.15, 0.2) is 53.0 Å². The first-order chi connectivity index (χ1) is 13.9. The Labute approximate surface area is 178 Å². The molecule has 0 spiro atoms. The lowest BCUT2D eigenvalue weighted by Gasteiger charge is -2.32. The summed E-state index contributed by atoms with van der Waals surface area (Å²) in [5.74, 6) is -0.262. The van der Waals surface area contributed by atoms with E-state index in [1.165, 1.54) is 16.6 Å². The summed E-state index contributed by atoms with van der Waals surface area (Å²) in [5, 5.41) is 4.12. The van der Waals surface area contributed by atoms with Gasteiger partial charge in [-0.3, -0.25) is 9.59 Å². The van der Waals surface area contributed by atoms with Crippen molar-refractivity contribution < 1.29 is 9.59 Å². The minimum absolute atomic E-state index is 0.00809. The van der Waals surface area contributed by atoms with Crippen molar-refractivity contribution in [2.24, 2.45) is 5.92 Å². The number of H-pyrrole nitrogens is 1. The van der Waals surface area contributed by atoms with Gasteiger partial charge in [-0.1, -0.05) is 48.0 Å². The molecule has 150 valence electrons. The Bertz CT molecular complexity index is 1060. The van der Waals surface area contributed by atoms with Crippen LogP contribution in [0.2, 0.25) is 0 Å². The van der Waals surface area contributed by atoms with Crippen LogP contribution in [0.5, 0.6) is 0 Å². The predicted molar refractivity (Wildman–Crippen MR) is 118 cm³/mol. The molecule has 4 rings (SSSR count). The molecule has 0 fully saturated rings. The topological polar surface area (TPSA) is 65.2 Å². The maximum atomic E-state index is 13.3. The molecule has 0 saturated heterocycles. The number of hydrogen-bond acceptors (Lipinski definition) is 2. The highest BCUT2D eigenvalue weighted by Gasteiger charge is 2.32. The van der Waals surface area contributed by atoms with Crippen LogP contribution >= 0.6 is 15.9 Å². The number of carbonyl (C=O) groups excluding carboxylic acids is 2. The molecule has 3 aromatic rings. The molecular weight excluding hydrogens is 430 g/mol. The number of hydrogen-bond donors (Lipinski definition) is 2. The van der Waals surface area contributed by atoms with Crippen LogP contribution in [-0.4, -0.2) is 34.3 Å². The molecule has 2 amide bonds. The van der Waals surface area contributed by atoms with Crippen LogP contribution in [0.3, 0.4) is 0 Å². The SMILES string of the molecule is CC(C)[C@H](NC(=O)c1ccc(Br)cc1)C(=O)N1CCc2[nH]c3ccccc3c2C1. The number of benzene rings is 2. The summed E-state index contributed by atoms with van der Waals surface area (Å²) < 4.78 is 0.911. The number of carbonyl (C=O) groups is 2. The summed E-state index contributed by atoms with van der Waals surface area (Å²) in [6.45, 7) is 5.14. The summed E-state index contributed by atoms with van der Waals surface area (Å²) in [5.41, 5.74) is 4.04. The van der Waals surface area contributed by atoms with E-state index in [9.17, 15) is 9.59 Å². The number of fused-ring (bicyclic) bond motifs is 3. The van der Waals surface area contributed by atoms with Crippen LogP contribution in [0.4, 0.5) is 0 Å². The van der Waals surface area contributed by atoms with E-state index in [1.807, 2.05) is 43.0 Å². The zero-order chi connectivity index (χ0) is 20.5. The highest BCUT2D eigenvalue weighted by Crippen LogP contribution is 2.28. The predicted octanol–water partition coefficient (Wildman–Crippen LogP) is 4.27. The molecule has 0 saturated carbocycles. The van der Waals surface area contributed by atoms with Gasteiger partial charge in [0.15, 0.2) is 0 Å². The molecule has 1 aliphatic rings. The molecule has 0 bridgehead atoms. The van der Waals surface area contributed by atoms with Crippen molar-refractivity contribution in [1.29, 1.82) is 0 Å². The number of nitrogens with one attached hydrogen (secondary N) is 2. The van der Waals surface area contributed by atoms with E-state index in [1.54, 1.807) is 12.1 Å². The van der Waals surface area contributed by atoms with Crippen LogP contribution in [0, 0.1) is 5.92 Å². The standard InChI is InChI=1S/C23H24BrN3O2/c1-14(2)21(26-22(28)15-7-9-16(24)10-8-15)23(29)27-12-11-20-18(13-27)17-5-3-4-6-19(17)25-20/h3-10,14,21,25H,11-13H2,1-2H3,(H,26,28)/t21-/m0/s1. The van der Waals surface area contributed by atoms with Crippen LogP contribution in [0.1, 0.15) is 35.5 Å². The fourth-order valence-electron chi connectivity index (χ4n) is 3.89. The second kappa shape index (κ2) is 8.03. The average molecular weight is 454 g/mol. The molecule has 2 heterocycles. The molecular formula is C23H24BrN3O2. The van der Waals surface area contributed by atoms with E-state index in [2.05, 4.69) is 38.4 Å². The Morgan fingerprint density at radius 3 is 2.55 bits per heavy atom. The van der Waals surface area contributed by atoms with E-state index >= 15 is 0 Å². The maximum absolute atomic E-state index is 13.3. The summed E-state index contributed by atoms with van der Waals surface area (Å²) in [4.78, 5) is 31.4. The van der Waals surface area contributed by atoms with Crippen molar-refractivity contribution in [3.05, 3.63) is 69.8 Å². The van der Waals surface area contributed by atoms with Gasteiger partial charge in [0, 0.05) is 51.7 Å². The third-order valence-electron chi connectivity index (χ3n) is 5.52. The number of aromatic nitrogens is 1. The average Bonchev–Trinajstić information content (AvgIpc) is 3.09. The molecule has 1 atom stereocenters. The molecule has 1 aliphatic heterocycles. The number of halogens is 1. The quantitative estimate of drug-likeness (QED) is 0.619. The third-order valence-corrected chi connectivity index (χ3v) is 6.05. The number of aromatic amines is 1. The zero-order valence-corrected chi connectivity index (χ0v) is 18.1. The van der Waals surface area contributed by atoms with E-state index in [0.717, 1.165) is 16.4 Å². The highest BCUT2D eigenvalue weighted by atomic mass is 79.9. The van der Waals surface area contributed by atoms with Gasteiger partial charge in [0.1, 0.15) is 6.04 Å². The monoisotopic (exact) mass is 453 g/mol. The largest absolute Gasteiger partial charge is 0.358 e. The van der Waals surface area contributed by atoms with E-state index < -0.39 is 6.04 Å². The third kappa shape index (κ3) is 3.94. The number of amides is 2. The summed E-state index contributed by atoms with van der Waals surface area (Å²) in [6.07, 6.45) is 0.793. The Morgan fingerprint density at radius 1 is 1.10 bits per heavy atom. The Hall–Kier alpha value is -2.60. The van der Waals surface area contributed by atoms with Gasteiger partial charge in [0.25, 0.3) is 5.91 Å². The van der Waals surface area contributed by atoms with Gasteiger partial charge in [0.05, 0.1) is 0 Å². The second-order valence-corrected chi connectivity index (χ2v) is 8.76. The smallest absolute Gasteiger partial charge is 0.251 e. The maximum Gasteiger partial charge on any atom is 0.251 e. The summed E-state index contributed by atoms with van der Waals surface area (Å²) in [6, 6.07) is 14.8. The van der Waals surface area contributed by atoms with Crippen molar-refractivity contribution in [1.82, 2.24) is 15.2 Å². The van der Waals surface area contributed by atoms with Crippen molar-refractivity contribution in [2.75, 3.05) is 6.54 Å². The molecule has 0 unspecified atom stereocenters. The number of para-hydroxylation sites is 1. The van der Waals surface area contributed by atoms with Gasteiger partial charge in [-0.05, 0) is 36.2 Å². The molecule has 2 aromatic carbocycles. The molecule has 1 aromatic heterocycles. The van der Waals surface area contributed by atoms with Crippen LogP contribution in [-0.2, 0) is 17.8 Å². The Morgan fingerprint density at radius 2 is 1.83 bits per heavy atom. The van der Waals surface area contributed by atoms with Crippen LogP contribution < -0.4 is 5.32 Å². The van der Waals surface area contributed by atoms with Crippen molar-refractivity contribution >= 4 is 38.6 Å². The van der Waals surface area contributed by atoms with Gasteiger partial charge >= 0.3 is 0 Å². The van der Waals surface area contributed by atoms with Crippen molar-refractivity contribution in [3.63, 3.8) is 0 Å². The van der Waals surface area contributed by atoms with Crippen molar-refractivity contribution in [2.45, 2.75) is 32.9 Å². The molecule has 2 N–H and O–H groups in total. The zero-order valence-electron chi connectivity index (χ0n) is 16.5. The fraction of sp³-hybridized carbons (Fsp3) is 0.304. The number of nitrogens with zero attached hydrogens (tertiary/aromatic N) is 1. The van der Waals surface area contributed by atoms with Crippen LogP contribution in [0.25, 0.3) is 10.9 Å². The molecule has 29 heavy (non-hydrogen) atoms. The summed E-state index contributed by atoms with van der Waals surface area (Å²) in [7, 11) is 0. The molecule has 6 heteroatoms. The highest BCUT2D eigenvalue weighted by molar-refractivity contribution is 9.10. The second-order valence-electron chi connectivity index (χ2n) is 7.84. The normalized spacial score (nSPS) is 14.7. The van der Waals surface area contributed by atoms with Gasteiger partial charge < -0.3 is 15.2 Å². The Balaban J connectivity index is 1.53. The Kier molecular flexibility index (Phi) is 5.46. The van der Waals surface area contributed by atoms with E-state index in [4.69, 9.17) is 0 Å². The molecule has 0 radical (unpaired) electrons. The van der Waals surface area contributed by atoms with Gasteiger partial charge in [-0.25, -0.2) is 0 Å². The molecule has 0 aliphatic carbocycles. The minimum Gasteiger partial charge on any atom is -0.358 e. The van der Waals surface area contributed by atoms with Gasteiger partial charge in [-0.2, -0.15) is 0 Å². The first-order valence-corrected chi connectivity index (χ1v) is 10.7. The number of rotatable bonds is 4. The lowest BCUT2D eigenvalue weighted by atomic mass is 9.99.